The third-order valence-corrected chi connectivity index (χ3v) is 2.30. The fourth-order valence-electron chi connectivity index (χ4n) is 1.31. The Morgan fingerprint density at radius 3 is 3.00 bits per heavy atom. The number of amides is 1. The van der Waals surface area contributed by atoms with Gasteiger partial charge in [0.15, 0.2) is 0 Å². The van der Waals surface area contributed by atoms with Crippen molar-refractivity contribution in [3.63, 3.8) is 0 Å². The lowest BCUT2D eigenvalue weighted by atomic mass is 10.2. The van der Waals surface area contributed by atoms with E-state index in [0.29, 0.717) is 18.8 Å². The summed E-state index contributed by atoms with van der Waals surface area (Å²) in [5.74, 6) is 0.522. The van der Waals surface area contributed by atoms with E-state index in [4.69, 9.17) is 14.9 Å². The lowest BCUT2D eigenvalue weighted by Crippen LogP contribution is -2.42. The summed E-state index contributed by atoms with van der Waals surface area (Å²) >= 11 is 0. The molecule has 0 aliphatic heterocycles. The second kappa shape index (κ2) is 6.30. The minimum absolute atomic E-state index is 0.170. The van der Waals surface area contributed by atoms with Crippen LogP contribution in [0.1, 0.15) is 25.1 Å². The second-order valence-electron chi connectivity index (χ2n) is 3.63. The third kappa shape index (κ3) is 3.67. The van der Waals surface area contributed by atoms with Gasteiger partial charge in [-0.2, -0.15) is 0 Å². The summed E-state index contributed by atoms with van der Waals surface area (Å²) in [5.41, 5.74) is 5.68. The first-order chi connectivity index (χ1) is 7.65. The van der Waals surface area contributed by atoms with Crippen LogP contribution in [0, 0.1) is 0 Å². The van der Waals surface area contributed by atoms with Crippen molar-refractivity contribution in [3.05, 3.63) is 24.2 Å². The van der Waals surface area contributed by atoms with Crippen LogP contribution in [0.15, 0.2) is 22.8 Å². The summed E-state index contributed by atoms with van der Waals surface area (Å²) in [4.78, 5) is 11.6. The zero-order chi connectivity index (χ0) is 12.0. The first kappa shape index (κ1) is 12.7. The van der Waals surface area contributed by atoms with Gasteiger partial charge in [0, 0.05) is 13.7 Å². The largest absolute Gasteiger partial charge is 0.467 e. The molecular formula is C11H18N2O3. The van der Waals surface area contributed by atoms with E-state index in [1.165, 1.54) is 0 Å². The molecule has 2 atom stereocenters. The van der Waals surface area contributed by atoms with Crippen LogP contribution in [0.4, 0.5) is 0 Å². The second-order valence-corrected chi connectivity index (χ2v) is 3.63. The highest BCUT2D eigenvalue weighted by atomic mass is 16.5. The molecule has 0 spiro atoms. The number of furan rings is 1. The van der Waals surface area contributed by atoms with Crippen molar-refractivity contribution in [2.45, 2.75) is 25.4 Å². The van der Waals surface area contributed by atoms with E-state index in [0.717, 1.165) is 0 Å². The predicted molar refractivity (Wildman–Crippen MR) is 59.7 cm³/mol. The van der Waals surface area contributed by atoms with Gasteiger partial charge in [0.25, 0.3) is 0 Å². The molecule has 0 aromatic carbocycles. The van der Waals surface area contributed by atoms with Gasteiger partial charge in [0.1, 0.15) is 5.76 Å². The molecule has 90 valence electrons. The maximum atomic E-state index is 11.6. The molecule has 0 aliphatic carbocycles. The number of carbonyl (C=O) groups is 1. The molecule has 3 N–H and O–H groups in total. The van der Waals surface area contributed by atoms with E-state index in [2.05, 4.69) is 5.32 Å². The minimum atomic E-state index is -0.544. The molecule has 0 fully saturated rings. The van der Waals surface area contributed by atoms with Gasteiger partial charge in [-0.15, -0.1) is 0 Å². The zero-order valence-corrected chi connectivity index (χ0v) is 9.60. The lowest BCUT2D eigenvalue weighted by Gasteiger charge is -2.15. The molecule has 0 aliphatic rings. The SMILES string of the molecule is COCCC(N)C(=O)NC(C)c1ccco1. The van der Waals surface area contributed by atoms with Gasteiger partial charge >= 0.3 is 0 Å². The fourth-order valence-corrected chi connectivity index (χ4v) is 1.31. The Hall–Kier alpha value is -1.33. The molecule has 0 saturated carbocycles. The molecule has 0 bridgehead atoms. The van der Waals surface area contributed by atoms with Crippen molar-refractivity contribution >= 4 is 5.91 Å². The van der Waals surface area contributed by atoms with Gasteiger partial charge in [-0.25, -0.2) is 0 Å². The predicted octanol–water partition coefficient (Wildman–Crippen LogP) is 0.821. The van der Waals surface area contributed by atoms with Crippen LogP contribution in [0.5, 0.6) is 0 Å². The number of hydrogen-bond acceptors (Lipinski definition) is 4. The molecule has 1 rings (SSSR count). The van der Waals surface area contributed by atoms with Gasteiger partial charge in [0.05, 0.1) is 18.3 Å². The molecular weight excluding hydrogens is 208 g/mol. The summed E-state index contributed by atoms with van der Waals surface area (Å²) in [6, 6.07) is 2.88. The number of nitrogens with two attached hydrogens (primary N) is 1. The summed E-state index contributed by atoms with van der Waals surface area (Å²) < 4.78 is 10.0. The molecule has 5 heteroatoms. The van der Waals surface area contributed by atoms with Gasteiger partial charge in [0.2, 0.25) is 5.91 Å². The number of nitrogens with one attached hydrogen (secondary N) is 1. The Kier molecular flexibility index (Phi) is 5.01. The van der Waals surface area contributed by atoms with Gasteiger partial charge in [-0.3, -0.25) is 4.79 Å². The van der Waals surface area contributed by atoms with Crippen LogP contribution in [0.3, 0.4) is 0 Å². The first-order valence-corrected chi connectivity index (χ1v) is 5.23. The maximum absolute atomic E-state index is 11.6. The standard InChI is InChI=1S/C11H18N2O3/c1-8(10-4-3-6-16-10)13-11(14)9(12)5-7-15-2/h3-4,6,8-9H,5,7,12H2,1-2H3,(H,13,14). The summed E-state index contributed by atoms with van der Waals surface area (Å²) in [6.45, 7) is 2.32. The van der Waals surface area contributed by atoms with Crippen molar-refractivity contribution in [3.8, 4) is 0 Å². The van der Waals surface area contributed by atoms with E-state index in [-0.39, 0.29) is 11.9 Å². The Labute approximate surface area is 94.9 Å². The molecule has 1 amide bonds. The van der Waals surface area contributed by atoms with Crippen molar-refractivity contribution in [2.24, 2.45) is 5.73 Å². The Balaban J connectivity index is 2.39. The highest BCUT2D eigenvalue weighted by Crippen LogP contribution is 2.12. The first-order valence-electron chi connectivity index (χ1n) is 5.23. The van der Waals surface area contributed by atoms with E-state index >= 15 is 0 Å². The monoisotopic (exact) mass is 226 g/mol. The fraction of sp³-hybridized carbons (Fsp3) is 0.545. The summed E-state index contributed by atoms with van der Waals surface area (Å²) in [7, 11) is 1.58. The zero-order valence-electron chi connectivity index (χ0n) is 9.60. The molecule has 16 heavy (non-hydrogen) atoms. The van der Waals surface area contributed by atoms with Crippen LogP contribution in [-0.4, -0.2) is 25.7 Å². The van der Waals surface area contributed by atoms with Crippen molar-refractivity contribution < 1.29 is 13.9 Å². The number of ether oxygens (including phenoxy) is 1. The van der Waals surface area contributed by atoms with Crippen LogP contribution in [0.2, 0.25) is 0 Å². The number of carbonyl (C=O) groups excluding carboxylic acids is 1. The average Bonchev–Trinajstić information content (AvgIpc) is 2.79. The van der Waals surface area contributed by atoms with Gasteiger partial charge in [-0.1, -0.05) is 0 Å². The van der Waals surface area contributed by atoms with Crippen LogP contribution in [-0.2, 0) is 9.53 Å². The molecule has 2 unspecified atom stereocenters. The van der Waals surface area contributed by atoms with Gasteiger partial charge in [-0.05, 0) is 25.5 Å². The van der Waals surface area contributed by atoms with Crippen molar-refractivity contribution in [1.29, 1.82) is 0 Å². The topological polar surface area (TPSA) is 77.5 Å². The highest BCUT2D eigenvalue weighted by molar-refractivity contribution is 5.81. The summed E-state index contributed by atoms with van der Waals surface area (Å²) in [5, 5.41) is 2.78. The molecule has 0 saturated heterocycles. The van der Waals surface area contributed by atoms with E-state index in [9.17, 15) is 4.79 Å². The van der Waals surface area contributed by atoms with E-state index in [1.807, 2.05) is 13.0 Å². The Bertz CT molecular complexity index is 311. The van der Waals surface area contributed by atoms with E-state index < -0.39 is 6.04 Å². The Morgan fingerprint density at radius 2 is 2.44 bits per heavy atom. The summed E-state index contributed by atoms with van der Waals surface area (Å²) in [6.07, 6.45) is 2.08. The van der Waals surface area contributed by atoms with Crippen molar-refractivity contribution in [2.75, 3.05) is 13.7 Å². The van der Waals surface area contributed by atoms with Crippen LogP contribution >= 0.6 is 0 Å². The lowest BCUT2D eigenvalue weighted by molar-refractivity contribution is -0.123. The smallest absolute Gasteiger partial charge is 0.237 e. The molecule has 1 heterocycles. The van der Waals surface area contributed by atoms with Crippen LogP contribution < -0.4 is 11.1 Å². The van der Waals surface area contributed by atoms with Gasteiger partial charge < -0.3 is 20.2 Å². The molecule has 1 aromatic rings. The highest BCUT2D eigenvalue weighted by Gasteiger charge is 2.17. The maximum Gasteiger partial charge on any atom is 0.237 e. The minimum Gasteiger partial charge on any atom is -0.467 e. The molecule has 1 aromatic heterocycles. The number of rotatable bonds is 6. The van der Waals surface area contributed by atoms with E-state index in [1.54, 1.807) is 19.4 Å². The molecule has 5 nitrogen and oxygen atoms in total. The number of methoxy groups -OCH3 is 1. The number of hydrogen-bond donors (Lipinski definition) is 2. The Morgan fingerprint density at radius 1 is 1.69 bits per heavy atom. The van der Waals surface area contributed by atoms with Crippen molar-refractivity contribution in [1.82, 2.24) is 5.32 Å². The van der Waals surface area contributed by atoms with Crippen LogP contribution in [0.25, 0.3) is 0 Å². The normalized spacial score (nSPS) is 14.4. The average molecular weight is 226 g/mol. The molecule has 0 radical (unpaired) electrons. The third-order valence-electron chi connectivity index (χ3n) is 2.30. The quantitative estimate of drug-likeness (QED) is 0.752.